The van der Waals surface area contributed by atoms with Crippen LogP contribution in [0.4, 0.5) is 0 Å². The highest BCUT2D eigenvalue weighted by Gasteiger charge is 2.31. The first kappa shape index (κ1) is 15.1. The van der Waals surface area contributed by atoms with Crippen LogP contribution < -0.4 is 0 Å². The van der Waals surface area contributed by atoms with Crippen molar-refractivity contribution in [1.82, 2.24) is 14.8 Å². The molecule has 0 aromatic carbocycles. The smallest absolute Gasteiger partial charge is 0.255 e. The van der Waals surface area contributed by atoms with Crippen LogP contribution in [0.15, 0.2) is 6.07 Å². The van der Waals surface area contributed by atoms with Gasteiger partial charge in [0.15, 0.2) is 0 Å². The van der Waals surface area contributed by atoms with Gasteiger partial charge < -0.3 is 14.8 Å². The van der Waals surface area contributed by atoms with Crippen molar-refractivity contribution in [3.63, 3.8) is 0 Å². The summed E-state index contributed by atoms with van der Waals surface area (Å²) in [5.41, 5.74) is 2.69. The summed E-state index contributed by atoms with van der Waals surface area (Å²) < 4.78 is 0. The maximum absolute atomic E-state index is 12.6. The molecule has 1 aliphatic heterocycles. The van der Waals surface area contributed by atoms with Gasteiger partial charge in [-0.15, -0.1) is 0 Å². The second-order valence-electron chi connectivity index (χ2n) is 6.59. The van der Waals surface area contributed by atoms with E-state index < -0.39 is 0 Å². The molecule has 0 radical (unpaired) electrons. The van der Waals surface area contributed by atoms with Crippen LogP contribution in [-0.2, 0) is 4.79 Å². The lowest BCUT2D eigenvalue weighted by Crippen LogP contribution is -2.51. The molecule has 1 saturated heterocycles. The topological polar surface area (TPSA) is 56.4 Å². The van der Waals surface area contributed by atoms with E-state index in [4.69, 9.17) is 0 Å². The third kappa shape index (κ3) is 2.89. The molecular weight excluding hydrogens is 278 g/mol. The summed E-state index contributed by atoms with van der Waals surface area (Å²) in [6.07, 6.45) is 4.45. The van der Waals surface area contributed by atoms with Crippen molar-refractivity contribution in [1.29, 1.82) is 0 Å². The first-order valence-electron chi connectivity index (χ1n) is 8.30. The lowest BCUT2D eigenvalue weighted by molar-refractivity contribution is -0.136. The Morgan fingerprint density at radius 3 is 2.18 bits per heavy atom. The summed E-state index contributed by atoms with van der Waals surface area (Å²) in [5, 5.41) is 0. The Balaban J connectivity index is 1.58. The first-order chi connectivity index (χ1) is 10.6. The number of carbonyl (C=O) groups is 2. The van der Waals surface area contributed by atoms with Crippen molar-refractivity contribution in [3.05, 3.63) is 23.0 Å². The van der Waals surface area contributed by atoms with E-state index in [1.165, 1.54) is 12.8 Å². The van der Waals surface area contributed by atoms with E-state index in [1.807, 2.05) is 29.7 Å². The lowest BCUT2D eigenvalue weighted by atomic mass is 10.1. The third-order valence-corrected chi connectivity index (χ3v) is 4.96. The zero-order valence-electron chi connectivity index (χ0n) is 13.5. The highest BCUT2D eigenvalue weighted by molar-refractivity contribution is 5.95. The first-order valence-corrected chi connectivity index (χ1v) is 8.30. The van der Waals surface area contributed by atoms with Crippen molar-refractivity contribution in [2.45, 2.75) is 39.5 Å². The van der Waals surface area contributed by atoms with Crippen LogP contribution in [0.25, 0.3) is 0 Å². The lowest BCUT2D eigenvalue weighted by Gasteiger charge is -2.36. The number of piperazine rings is 1. The van der Waals surface area contributed by atoms with Crippen LogP contribution in [0.2, 0.25) is 0 Å². The van der Waals surface area contributed by atoms with Crippen LogP contribution in [0, 0.1) is 19.8 Å². The standard InChI is InChI=1S/C17H25N3O2/c1-12-11-15(13(2)18-12)17(22)20-9-7-19(8-10-20)16(21)14-5-3-4-6-14/h11,14,18H,3-10H2,1-2H3. The van der Waals surface area contributed by atoms with Gasteiger partial charge in [-0.25, -0.2) is 0 Å². The van der Waals surface area contributed by atoms with Crippen molar-refractivity contribution in [3.8, 4) is 0 Å². The highest BCUT2D eigenvalue weighted by Crippen LogP contribution is 2.27. The van der Waals surface area contributed by atoms with Crippen LogP contribution in [-0.4, -0.2) is 52.8 Å². The number of aromatic nitrogens is 1. The van der Waals surface area contributed by atoms with E-state index in [0.29, 0.717) is 32.1 Å². The quantitative estimate of drug-likeness (QED) is 0.909. The van der Waals surface area contributed by atoms with E-state index >= 15 is 0 Å². The second kappa shape index (κ2) is 6.15. The molecule has 5 nitrogen and oxygen atoms in total. The molecule has 0 atom stereocenters. The van der Waals surface area contributed by atoms with Crippen molar-refractivity contribution in [2.24, 2.45) is 5.92 Å². The molecule has 5 heteroatoms. The van der Waals surface area contributed by atoms with Crippen LogP contribution in [0.1, 0.15) is 47.4 Å². The van der Waals surface area contributed by atoms with Gasteiger partial charge in [-0.1, -0.05) is 12.8 Å². The number of hydrogen-bond donors (Lipinski definition) is 1. The van der Waals surface area contributed by atoms with Crippen molar-refractivity contribution in [2.75, 3.05) is 26.2 Å². The molecule has 120 valence electrons. The molecule has 0 unspecified atom stereocenters. The van der Waals surface area contributed by atoms with Gasteiger partial charge in [-0.3, -0.25) is 9.59 Å². The molecule has 1 aromatic heterocycles. The number of aryl methyl sites for hydroxylation is 2. The minimum Gasteiger partial charge on any atom is -0.362 e. The number of nitrogens with one attached hydrogen (secondary N) is 1. The SMILES string of the molecule is Cc1cc(C(=O)N2CCN(C(=O)C3CCCC3)CC2)c(C)[nH]1. The molecular formula is C17H25N3O2. The number of amides is 2. The number of H-pyrrole nitrogens is 1. The Hall–Kier alpha value is -1.78. The molecule has 0 bridgehead atoms. The van der Waals surface area contributed by atoms with E-state index in [0.717, 1.165) is 29.8 Å². The van der Waals surface area contributed by atoms with Gasteiger partial charge in [-0.05, 0) is 32.8 Å². The fourth-order valence-electron chi connectivity index (χ4n) is 3.68. The Kier molecular flexibility index (Phi) is 4.23. The van der Waals surface area contributed by atoms with E-state index in [2.05, 4.69) is 4.98 Å². The maximum Gasteiger partial charge on any atom is 0.255 e. The molecule has 1 aliphatic carbocycles. The summed E-state index contributed by atoms with van der Waals surface area (Å²) in [6.45, 7) is 6.51. The van der Waals surface area contributed by atoms with Crippen LogP contribution in [0.5, 0.6) is 0 Å². The van der Waals surface area contributed by atoms with Crippen molar-refractivity contribution < 1.29 is 9.59 Å². The Labute approximate surface area is 131 Å². The molecule has 1 N–H and O–H groups in total. The Morgan fingerprint density at radius 1 is 1.05 bits per heavy atom. The predicted molar refractivity (Wildman–Crippen MR) is 84.7 cm³/mol. The van der Waals surface area contributed by atoms with Crippen LogP contribution in [0.3, 0.4) is 0 Å². The molecule has 2 heterocycles. The van der Waals surface area contributed by atoms with Gasteiger partial charge in [0, 0.05) is 43.5 Å². The minimum absolute atomic E-state index is 0.0785. The summed E-state index contributed by atoms with van der Waals surface area (Å²) in [5.74, 6) is 0.616. The zero-order valence-corrected chi connectivity index (χ0v) is 13.5. The van der Waals surface area contributed by atoms with Gasteiger partial charge in [0.05, 0.1) is 5.56 Å². The highest BCUT2D eigenvalue weighted by atomic mass is 16.2. The average Bonchev–Trinajstić information content (AvgIpc) is 3.15. The van der Waals surface area contributed by atoms with Gasteiger partial charge in [0.25, 0.3) is 5.91 Å². The number of rotatable bonds is 2. The van der Waals surface area contributed by atoms with Gasteiger partial charge in [0.1, 0.15) is 0 Å². The Bertz CT molecular complexity index is 564. The summed E-state index contributed by atoms with van der Waals surface area (Å²) in [4.78, 5) is 32.0. The molecule has 1 saturated carbocycles. The predicted octanol–water partition coefficient (Wildman–Crippen LogP) is 2.11. The average molecular weight is 303 g/mol. The molecule has 2 amide bonds. The third-order valence-electron chi connectivity index (χ3n) is 4.96. The van der Waals surface area contributed by atoms with E-state index in [1.54, 1.807) is 0 Å². The largest absolute Gasteiger partial charge is 0.362 e. The number of aromatic amines is 1. The van der Waals surface area contributed by atoms with E-state index in [9.17, 15) is 9.59 Å². The number of nitrogens with zero attached hydrogens (tertiary/aromatic N) is 2. The molecule has 2 fully saturated rings. The van der Waals surface area contributed by atoms with Gasteiger partial charge in [0.2, 0.25) is 5.91 Å². The fourth-order valence-corrected chi connectivity index (χ4v) is 3.68. The second-order valence-corrected chi connectivity index (χ2v) is 6.59. The monoisotopic (exact) mass is 303 g/mol. The minimum atomic E-state index is 0.0785. The van der Waals surface area contributed by atoms with E-state index in [-0.39, 0.29) is 11.8 Å². The Morgan fingerprint density at radius 2 is 1.64 bits per heavy atom. The normalized spacial score (nSPS) is 19.7. The van der Waals surface area contributed by atoms with Crippen LogP contribution >= 0.6 is 0 Å². The molecule has 1 aromatic rings. The van der Waals surface area contributed by atoms with Gasteiger partial charge >= 0.3 is 0 Å². The summed E-state index contributed by atoms with van der Waals surface area (Å²) >= 11 is 0. The fraction of sp³-hybridized carbons (Fsp3) is 0.647. The number of carbonyl (C=O) groups excluding carboxylic acids is 2. The molecule has 3 rings (SSSR count). The molecule has 2 aliphatic rings. The van der Waals surface area contributed by atoms with Gasteiger partial charge in [-0.2, -0.15) is 0 Å². The molecule has 22 heavy (non-hydrogen) atoms. The molecule has 0 spiro atoms. The summed E-state index contributed by atoms with van der Waals surface area (Å²) in [7, 11) is 0. The van der Waals surface area contributed by atoms with Crippen molar-refractivity contribution >= 4 is 11.8 Å². The maximum atomic E-state index is 12.6. The zero-order chi connectivity index (χ0) is 15.7. The number of hydrogen-bond acceptors (Lipinski definition) is 2. The summed E-state index contributed by atoms with van der Waals surface area (Å²) in [6, 6.07) is 1.91.